The maximum absolute atomic E-state index is 12.5. The Labute approximate surface area is 156 Å². The monoisotopic (exact) mass is 370 g/mol. The van der Waals surface area contributed by atoms with Gasteiger partial charge in [0.1, 0.15) is 0 Å². The van der Waals surface area contributed by atoms with Crippen LogP contribution >= 0.6 is 11.6 Å². The Kier molecular flexibility index (Phi) is 4.71. The molecule has 1 aliphatic heterocycles. The van der Waals surface area contributed by atoms with E-state index in [0.29, 0.717) is 24.4 Å². The zero-order chi connectivity index (χ0) is 17.9. The Morgan fingerprint density at radius 2 is 1.81 bits per heavy atom. The van der Waals surface area contributed by atoms with E-state index in [9.17, 15) is 4.79 Å². The number of rotatable bonds is 4. The highest BCUT2D eigenvalue weighted by molar-refractivity contribution is 6.30. The molecule has 0 spiro atoms. The summed E-state index contributed by atoms with van der Waals surface area (Å²) >= 11 is 5.94. The molecule has 3 aromatic rings. The Morgan fingerprint density at radius 3 is 2.58 bits per heavy atom. The van der Waals surface area contributed by atoms with E-state index in [1.54, 1.807) is 6.26 Å². The molecule has 134 valence electrons. The van der Waals surface area contributed by atoms with E-state index in [4.69, 9.17) is 20.8 Å². The second-order valence-electron chi connectivity index (χ2n) is 6.23. The maximum Gasteiger partial charge on any atom is 0.260 e. The second kappa shape index (κ2) is 7.30. The minimum absolute atomic E-state index is 0.00989. The number of furan rings is 1. The van der Waals surface area contributed by atoms with E-state index in [1.165, 1.54) is 0 Å². The number of carbonyl (C=O) groups excluding carboxylic acids is 1. The molecule has 6 heteroatoms. The fourth-order valence-corrected chi connectivity index (χ4v) is 3.30. The molecule has 0 aliphatic carbocycles. The van der Waals surface area contributed by atoms with Crippen LogP contribution < -0.4 is 9.64 Å². The van der Waals surface area contributed by atoms with Crippen molar-refractivity contribution in [2.24, 2.45) is 0 Å². The lowest BCUT2D eigenvalue weighted by Gasteiger charge is -2.36. The number of fused-ring (bicyclic) bond motifs is 1. The zero-order valence-electron chi connectivity index (χ0n) is 14.2. The van der Waals surface area contributed by atoms with Gasteiger partial charge in [-0.1, -0.05) is 23.7 Å². The number of anilines is 1. The first-order valence-corrected chi connectivity index (χ1v) is 8.96. The van der Waals surface area contributed by atoms with Crippen molar-refractivity contribution < 1.29 is 13.9 Å². The van der Waals surface area contributed by atoms with Gasteiger partial charge in [-0.05, 0) is 36.4 Å². The number of hydrogen-bond donors (Lipinski definition) is 0. The Balaban J connectivity index is 1.32. The fourth-order valence-electron chi connectivity index (χ4n) is 3.18. The van der Waals surface area contributed by atoms with Gasteiger partial charge < -0.3 is 19.0 Å². The molecule has 0 atom stereocenters. The van der Waals surface area contributed by atoms with Gasteiger partial charge in [0.05, 0.1) is 6.26 Å². The normalized spacial score (nSPS) is 14.7. The van der Waals surface area contributed by atoms with Crippen molar-refractivity contribution in [3.8, 4) is 5.75 Å². The van der Waals surface area contributed by atoms with Gasteiger partial charge in [-0.3, -0.25) is 4.79 Å². The minimum atomic E-state index is -0.00989. The van der Waals surface area contributed by atoms with Gasteiger partial charge >= 0.3 is 0 Å². The molecule has 26 heavy (non-hydrogen) atoms. The predicted octanol–water partition coefficient (Wildman–Crippen LogP) is 3.81. The molecular formula is C20H19ClN2O3. The first-order valence-electron chi connectivity index (χ1n) is 8.58. The van der Waals surface area contributed by atoms with E-state index in [2.05, 4.69) is 4.90 Å². The van der Waals surface area contributed by atoms with Crippen molar-refractivity contribution in [1.29, 1.82) is 0 Å². The number of nitrogens with zero attached hydrogens (tertiary/aromatic N) is 2. The molecule has 0 saturated carbocycles. The highest BCUT2D eigenvalue weighted by atomic mass is 35.5. The van der Waals surface area contributed by atoms with Gasteiger partial charge in [0.2, 0.25) is 0 Å². The summed E-state index contributed by atoms with van der Waals surface area (Å²) in [6, 6.07) is 15.3. The predicted molar refractivity (Wildman–Crippen MR) is 102 cm³/mol. The molecule has 2 aromatic carbocycles. The van der Waals surface area contributed by atoms with Gasteiger partial charge in [0.25, 0.3) is 5.91 Å². The lowest BCUT2D eigenvalue weighted by molar-refractivity contribution is -0.133. The summed E-state index contributed by atoms with van der Waals surface area (Å²) in [6.07, 6.45) is 1.62. The van der Waals surface area contributed by atoms with Crippen LogP contribution in [0, 0.1) is 0 Å². The smallest absolute Gasteiger partial charge is 0.260 e. The van der Waals surface area contributed by atoms with E-state index < -0.39 is 0 Å². The molecule has 1 amide bonds. The topological polar surface area (TPSA) is 45.9 Å². The molecule has 0 radical (unpaired) electrons. The van der Waals surface area contributed by atoms with Gasteiger partial charge in [-0.25, -0.2) is 0 Å². The van der Waals surface area contributed by atoms with Crippen molar-refractivity contribution in [1.82, 2.24) is 4.90 Å². The third kappa shape index (κ3) is 3.48. The summed E-state index contributed by atoms with van der Waals surface area (Å²) in [6.45, 7) is 2.95. The highest BCUT2D eigenvalue weighted by Crippen LogP contribution is 2.26. The summed E-state index contributed by atoms with van der Waals surface area (Å²) in [4.78, 5) is 16.6. The van der Waals surface area contributed by atoms with Crippen molar-refractivity contribution in [2.45, 2.75) is 0 Å². The Bertz CT molecular complexity index is 899. The summed E-state index contributed by atoms with van der Waals surface area (Å²) in [5.74, 6) is 0.588. The Morgan fingerprint density at radius 1 is 1.04 bits per heavy atom. The summed E-state index contributed by atoms with van der Waals surface area (Å²) in [5.41, 5.74) is 1.80. The highest BCUT2D eigenvalue weighted by Gasteiger charge is 2.22. The standard InChI is InChI=1S/C20H19ClN2O3/c21-16-4-6-17(7-5-16)22-9-11-23(12-10-22)19(24)14-26-18-3-1-2-15-8-13-25-20(15)18/h1-8,13H,9-12,14H2. The number of piperazine rings is 1. The maximum atomic E-state index is 12.5. The van der Waals surface area contributed by atoms with Crippen LogP contribution in [0.2, 0.25) is 5.02 Å². The molecule has 1 aromatic heterocycles. The average Bonchev–Trinajstić information content (AvgIpc) is 3.16. The van der Waals surface area contributed by atoms with Gasteiger partial charge in [0.15, 0.2) is 17.9 Å². The molecule has 5 nitrogen and oxygen atoms in total. The average molecular weight is 371 g/mol. The second-order valence-corrected chi connectivity index (χ2v) is 6.66. The molecular weight excluding hydrogens is 352 g/mol. The van der Waals surface area contributed by atoms with E-state index in [1.807, 2.05) is 53.4 Å². The number of benzene rings is 2. The van der Waals surface area contributed by atoms with Crippen LogP contribution in [0.4, 0.5) is 5.69 Å². The van der Waals surface area contributed by atoms with Crippen molar-refractivity contribution in [3.63, 3.8) is 0 Å². The molecule has 0 N–H and O–H groups in total. The molecule has 1 saturated heterocycles. The van der Waals surface area contributed by atoms with E-state index in [-0.39, 0.29) is 12.5 Å². The molecule has 2 heterocycles. The van der Waals surface area contributed by atoms with Crippen LogP contribution in [-0.2, 0) is 4.79 Å². The third-order valence-corrected chi connectivity index (χ3v) is 4.87. The summed E-state index contributed by atoms with van der Waals surface area (Å²) < 4.78 is 11.1. The first kappa shape index (κ1) is 16.8. The molecule has 1 fully saturated rings. The number of para-hydroxylation sites is 1. The minimum Gasteiger partial charge on any atom is -0.480 e. The van der Waals surface area contributed by atoms with Gasteiger partial charge in [0, 0.05) is 42.3 Å². The SMILES string of the molecule is O=C(COc1cccc2ccoc12)N1CCN(c2ccc(Cl)cc2)CC1. The van der Waals surface area contributed by atoms with Crippen LogP contribution in [-0.4, -0.2) is 43.6 Å². The molecule has 0 unspecified atom stereocenters. The number of ether oxygens (including phenoxy) is 1. The number of hydrogen-bond acceptors (Lipinski definition) is 4. The van der Waals surface area contributed by atoms with Crippen LogP contribution in [0.25, 0.3) is 11.0 Å². The van der Waals surface area contributed by atoms with Crippen LogP contribution in [0.1, 0.15) is 0 Å². The van der Waals surface area contributed by atoms with Crippen LogP contribution in [0.3, 0.4) is 0 Å². The lowest BCUT2D eigenvalue weighted by atomic mass is 10.2. The van der Waals surface area contributed by atoms with Crippen LogP contribution in [0.5, 0.6) is 5.75 Å². The van der Waals surface area contributed by atoms with E-state index in [0.717, 1.165) is 29.2 Å². The molecule has 1 aliphatic rings. The fraction of sp³-hybridized carbons (Fsp3) is 0.250. The van der Waals surface area contributed by atoms with Gasteiger partial charge in [-0.15, -0.1) is 0 Å². The van der Waals surface area contributed by atoms with E-state index >= 15 is 0 Å². The number of halogens is 1. The molecule has 0 bridgehead atoms. The van der Waals surface area contributed by atoms with Gasteiger partial charge in [-0.2, -0.15) is 0 Å². The number of carbonyl (C=O) groups is 1. The molecule has 4 rings (SSSR count). The summed E-state index contributed by atoms with van der Waals surface area (Å²) in [7, 11) is 0. The summed E-state index contributed by atoms with van der Waals surface area (Å²) in [5, 5.41) is 1.69. The first-order chi connectivity index (χ1) is 12.7. The van der Waals surface area contributed by atoms with Crippen molar-refractivity contribution in [3.05, 3.63) is 59.8 Å². The third-order valence-electron chi connectivity index (χ3n) is 4.62. The largest absolute Gasteiger partial charge is 0.480 e. The van der Waals surface area contributed by atoms with Crippen molar-refractivity contribution in [2.75, 3.05) is 37.7 Å². The van der Waals surface area contributed by atoms with Crippen molar-refractivity contribution >= 4 is 34.2 Å². The number of amides is 1. The lowest BCUT2D eigenvalue weighted by Crippen LogP contribution is -2.50. The zero-order valence-corrected chi connectivity index (χ0v) is 15.0. The van der Waals surface area contributed by atoms with Crippen LogP contribution in [0.15, 0.2) is 59.2 Å². The Hall–Kier alpha value is -2.66. The quantitative estimate of drug-likeness (QED) is 0.700.